The van der Waals surface area contributed by atoms with E-state index in [0.717, 1.165) is 46.5 Å². The average molecular weight is 573 g/mol. The second-order valence-electron chi connectivity index (χ2n) is 11.9. The number of carbonyl (C=O) groups excluding carboxylic acids is 1. The molecule has 224 valence electrons. The molecule has 1 amide bonds. The summed E-state index contributed by atoms with van der Waals surface area (Å²) in [6.45, 7) is 13.5. The van der Waals surface area contributed by atoms with Crippen molar-refractivity contribution in [3.8, 4) is 11.8 Å². The standard InChI is InChI=1S/C33H44N6O3/c1-7-31(41)38-19-23(3)39(20-22(38)2)32-28(24(4)34-33(35-32)42-21-26-12-10-15-36(26)5)14-16-37(6)30-18-27(40)17-25-11-8-9-13-29(25)30/h7-9,11,13,17-18,22-23,26,40H,1,10,12,14-16,19-21H2,2-6H3/t22-,23+,26+/m1/s1. The third-order valence-corrected chi connectivity index (χ3v) is 8.90. The summed E-state index contributed by atoms with van der Waals surface area (Å²) in [5, 5.41) is 12.5. The van der Waals surface area contributed by atoms with E-state index in [2.05, 4.69) is 55.3 Å². The average Bonchev–Trinajstić information content (AvgIpc) is 3.39. The monoisotopic (exact) mass is 572 g/mol. The zero-order chi connectivity index (χ0) is 30.0. The molecular weight excluding hydrogens is 528 g/mol. The van der Waals surface area contributed by atoms with Crippen molar-refractivity contribution in [2.45, 2.75) is 58.2 Å². The number of nitrogens with zero attached hydrogens (tertiary/aromatic N) is 6. The lowest BCUT2D eigenvalue weighted by Crippen LogP contribution is -2.58. The summed E-state index contributed by atoms with van der Waals surface area (Å²) in [6, 6.07) is 12.6. The van der Waals surface area contributed by atoms with E-state index in [1.165, 1.54) is 12.5 Å². The van der Waals surface area contributed by atoms with Gasteiger partial charge in [0.2, 0.25) is 5.91 Å². The molecule has 0 saturated carbocycles. The Labute approximate surface area is 249 Å². The molecule has 1 N–H and O–H groups in total. The molecule has 2 aliphatic heterocycles. The molecule has 2 fully saturated rings. The highest BCUT2D eigenvalue weighted by atomic mass is 16.5. The minimum absolute atomic E-state index is 0.00709. The first-order chi connectivity index (χ1) is 20.2. The molecule has 0 unspecified atom stereocenters. The number of ether oxygens (including phenoxy) is 1. The molecule has 5 rings (SSSR count). The van der Waals surface area contributed by atoms with Crippen LogP contribution in [0.2, 0.25) is 0 Å². The highest BCUT2D eigenvalue weighted by Crippen LogP contribution is 2.33. The Hall–Kier alpha value is -3.85. The van der Waals surface area contributed by atoms with Gasteiger partial charge in [0.05, 0.1) is 0 Å². The third kappa shape index (κ3) is 6.16. The van der Waals surface area contributed by atoms with Crippen molar-refractivity contribution in [2.24, 2.45) is 0 Å². The first-order valence-electron chi connectivity index (χ1n) is 15.0. The summed E-state index contributed by atoms with van der Waals surface area (Å²) in [5.41, 5.74) is 2.94. The minimum atomic E-state index is -0.0437. The van der Waals surface area contributed by atoms with Crippen LogP contribution in [-0.4, -0.2) is 95.8 Å². The van der Waals surface area contributed by atoms with Crippen molar-refractivity contribution in [1.29, 1.82) is 0 Å². The molecule has 0 radical (unpaired) electrons. The number of fused-ring (bicyclic) bond motifs is 1. The van der Waals surface area contributed by atoms with Crippen LogP contribution in [-0.2, 0) is 11.2 Å². The zero-order valence-corrected chi connectivity index (χ0v) is 25.6. The van der Waals surface area contributed by atoms with Crippen molar-refractivity contribution in [3.63, 3.8) is 0 Å². The van der Waals surface area contributed by atoms with Crippen LogP contribution in [0.4, 0.5) is 11.5 Å². The van der Waals surface area contributed by atoms with E-state index >= 15 is 0 Å². The Balaban J connectivity index is 1.44. The molecule has 0 spiro atoms. The maximum absolute atomic E-state index is 12.5. The van der Waals surface area contributed by atoms with Crippen molar-refractivity contribution in [3.05, 3.63) is 60.3 Å². The predicted octanol–water partition coefficient (Wildman–Crippen LogP) is 4.41. The van der Waals surface area contributed by atoms with Gasteiger partial charge in [0, 0.05) is 73.2 Å². The van der Waals surface area contributed by atoms with Gasteiger partial charge in [0.15, 0.2) is 0 Å². The number of aryl methyl sites for hydroxylation is 1. The largest absolute Gasteiger partial charge is 0.508 e. The molecule has 3 heterocycles. The Kier molecular flexibility index (Phi) is 8.87. The summed E-state index contributed by atoms with van der Waals surface area (Å²) >= 11 is 0. The van der Waals surface area contributed by atoms with E-state index < -0.39 is 0 Å². The van der Waals surface area contributed by atoms with Gasteiger partial charge in [-0.05, 0) is 71.2 Å². The van der Waals surface area contributed by atoms with Crippen LogP contribution in [0.3, 0.4) is 0 Å². The fourth-order valence-corrected chi connectivity index (χ4v) is 6.35. The molecule has 3 atom stereocenters. The van der Waals surface area contributed by atoms with Crippen LogP contribution in [0, 0.1) is 6.92 Å². The molecule has 0 aliphatic carbocycles. The zero-order valence-electron chi connectivity index (χ0n) is 25.6. The summed E-state index contributed by atoms with van der Waals surface area (Å²) in [4.78, 5) is 31.1. The second kappa shape index (κ2) is 12.6. The fraction of sp³-hybridized carbons (Fsp3) is 0.485. The second-order valence-corrected chi connectivity index (χ2v) is 11.9. The number of hydrogen-bond acceptors (Lipinski definition) is 8. The molecule has 2 saturated heterocycles. The van der Waals surface area contributed by atoms with E-state index in [9.17, 15) is 9.90 Å². The molecular formula is C33H44N6O3. The van der Waals surface area contributed by atoms with Crippen LogP contribution < -0.4 is 14.5 Å². The number of phenolic OH excluding ortho intramolecular Hbond substituents is 1. The number of likely N-dealkylation sites (tertiary alicyclic amines) is 1. The fourth-order valence-electron chi connectivity index (χ4n) is 6.35. The lowest BCUT2D eigenvalue weighted by atomic mass is 10.0. The number of hydrogen-bond donors (Lipinski definition) is 1. The van der Waals surface area contributed by atoms with Gasteiger partial charge in [-0.2, -0.15) is 4.98 Å². The highest BCUT2D eigenvalue weighted by molar-refractivity contribution is 5.95. The van der Waals surface area contributed by atoms with Gasteiger partial charge < -0.3 is 29.4 Å². The van der Waals surface area contributed by atoms with Gasteiger partial charge in [-0.3, -0.25) is 4.79 Å². The van der Waals surface area contributed by atoms with E-state index in [1.807, 2.05) is 36.1 Å². The van der Waals surface area contributed by atoms with Crippen LogP contribution in [0.15, 0.2) is 49.1 Å². The number of piperazine rings is 1. The summed E-state index contributed by atoms with van der Waals surface area (Å²) < 4.78 is 6.22. The number of likely N-dealkylation sites (N-methyl/N-ethyl adjacent to an activating group) is 2. The smallest absolute Gasteiger partial charge is 0.318 e. The van der Waals surface area contributed by atoms with Crippen molar-refractivity contribution < 1.29 is 14.6 Å². The quantitative estimate of drug-likeness (QED) is 0.378. The van der Waals surface area contributed by atoms with E-state index in [1.54, 1.807) is 6.07 Å². The Morgan fingerprint density at radius 3 is 2.71 bits per heavy atom. The van der Waals surface area contributed by atoms with Gasteiger partial charge in [0.1, 0.15) is 18.2 Å². The van der Waals surface area contributed by atoms with Crippen LogP contribution in [0.1, 0.15) is 37.9 Å². The maximum Gasteiger partial charge on any atom is 0.318 e. The number of amides is 1. The SMILES string of the molecule is C=CC(=O)N1C[C@H](C)N(c2nc(OC[C@@H]3CCCN3C)nc(C)c2CCN(C)c2cc(O)cc3ccccc23)C[C@H]1C. The van der Waals surface area contributed by atoms with Crippen LogP contribution in [0.5, 0.6) is 11.8 Å². The van der Waals surface area contributed by atoms with Gasteiger partial charge in [0.25, 0.3) is 0 Å². The van der Waals surface area contributed by atoms with Gasteiger partial charge in [-0.25, -0.2) is 4.98 Å². The number of aromatic hydroxyl groups is 1. The van der Waals surface area contributed by atoms with Crippen molar-refractivity contribution >= 4 is 28.2 Å². The van der Waals surface area contributed by atoms with Crippen LogP contribution in [0.25, 0.3) is 10.8 Å². The van der Waals surface area contributed by atoms with Gasteiger partial charge in [-0.15, -0.1) is 0 Å². The van der Waals surface area contributed by atoms with Crippen molar-refractivity contribution in [2.75, 3.05) is 56.7 Å². The highest BCUT2D eigenvalue weighted by Gasteiger charge is 2.34. The molecule has 3 aromatic rings. The molecule has 9 nitrogen and oxygen atoms in total. The topological polar surface area (TPSA) is 85.3 Å². The summed E-state index contributed by atoms with van der Waals surface area (Å²) in [6.07, 6.45) is 4.40. The molecule has 1 aromatic heterocycles. The maximum atomic E-state index is 12.5. The number of anilines is 2. The van der Waals surface area contributed by atoms with E-state index in [4.69, 9.17) is 14.7 Å². The normalized spacial score (nSPS) is 21.1. The van der Waals surface area contributed by atoms with Crippen LogP contribution >= 0.6 is 0 Å². The van der Waals surface area contributed by atoms with Gasteiger partial charge in [-0.1, -0.05) is 30.8 Å². The Morgan fingerprint density at radius 1 is 1.19 bits per heavy atom. The number of carbonyl (C=O) groups is 1. The Bertz CT molecular complexity index is 1440. The predicted molar refractivity (Wildman–Crippen MR) is 169 cm³/mol. The number of benzene rings is 2. The lowest BCUT2D eigenvalue weighted by molar-refractivity contribution is -0.128. The third-order valence-electron chi connectivity index (χ3n) is 8.90. The minimum Gasteiger partial charge on any atom is -0.508 e. The first-order valence-corrected chi connectivity index (χ1v) is 15.0. The number of phenols is 1. The first kappa shape index (κ1) is 29.6. The van der Waals surface area contributed by atoms with Crippen molar-refractivity contribution in [1.82, 2.24) is 19.8 Å². The van der Waals surface area contributed by atoms with E-state index in [0.29, 0.717) is 44.7 Å². The Morgan fingerprint density at radius 2 is 1.98 bits per heavy atom. The summed E-state index contributed by atoms with van der Waals surface area (Å²) in [7, 11) is 4.19. The molecule has 42 heavy (non-hydrogen) atoms. The molecule has 0 bridgehead atoms. The molecule has 2 aliphatic rings. The van der Waals surface area contributed by atoms with Gasteiger partial charge >= 0.3 is 6.01 Å². The molecule has 2 aromatic carbocycles. The lowest BCUT2D eigenvalue weighted by Gasteiger charge is -2.45. The summed E-state index contributed by atoms with van der Waals surface area (Å²) in [5.74, 6) is 1.08. The number of aromatic nitrogens is 2. The van der Waals surface area contributed by atoms with E-state index in [-0.39, 0.29) is 23.7 Å². The molecule has 9 heteroatoms. The number of rotatable bonds is 9.